The van der Waals surface area contributed by atoms with Gasteiger partial charge in [0, 0.05) is 23.8 Å². The van der Waals surface area contributed by atoms with E-state index in [2.05, 4.69) is 94.7 Å². The summed E-state index contributed by atoms with van der Waals surface area (Å²) in [5.74, 6) is 0. The van der Waals surface area contributed by atoms with Crippen LogP contribution >= 0.6 is 0 Å². The molecule has 0 aromatic heterocycles. The Morgan fingerprint density at radius 3 is 1.14 bits per heavy atom. The van der Waals surface area contributed by atoms with Crippen LogP contribution in [0.5, 0.6) is 0 Å². The maximum absolute atomic E-state index is 10.1. The maximum Gasteiger partial charge on any atom is 1.00 e. The van der Waals surface area contributed by atoms with Crippen LogP contribution in [0.4, 0.5) is 11.4 Å². The van der Waals surface area contributed by atoms with Crippen molar-refractivity contribution in [3.05, 3.63) is 76.7 Å². The zero-order valence-corrected chi connectivity index (χ0v) is 20.0. The third-order valence-electron chi connectivity index (χ3n) is 4.33. The molecule has 2 aromatic rings. The van der Waals surface area contributed by atoms with Crippen LogP contribution < -0.4 is 14.9 Å². The second kappa shape index (κ2) is 9.84. The fourth-order valence-corrected chi connectivity index (χ4v) is 3.67. The van der Waals surface area contributed by atoms with Crippen molar-refractivity contribution in [2.24, 2.45) is 0 Å². The molecule has 29 heavy (non-hydrogen) atoms. The molecule has 3 nitrogen and oxygen atoms in total. The largest absolute Gasteiger partial charge is 1.00 e. The molecule has 2 radical (unpaired) electrons. The van der Waals surface area contributed by atoms with E-state index in [0.717, 1.165) is 0 Å². The molecule has 0 atom stereocenters. The molecule has 1 aliphatic rings. The van der Waals surface area contributed by atoms with Crippen molar-refractivity contribution in [2.45, 2.75) is 67.9 Å². The zero-order valence-electron chi connectivity index (χ0n) is 19.1. The fraction of sp³-hybridized carbons (Fsp3) is 0.400. The Morgan fingerprint density at radius 2 is 0.897 bits per heavy atom. The van der Waals surface area contributed by atoms with Crippen molar-refractivity contribution in [2.75, 3.05) is 9.80 Å². The maximum atomic E-state index is 10.1. The van der Waals surface area contributed by atoms with Gasteiger partial charge >= 0.3 is 17.1 Å². The smallest absolute Gasteiger partial charge is 0.850 e. The van der Waals surface area contributed by atoms with Gasteiger partial charge in [0.2, 0.25) is 6.67 Å². The van der Waals surface area contributed by atoms with Crippen molar-refractivity contribution < 1.29 is 22.2 Å². The van der Waals surface area contributed by atoms with Crippen molar-refractivity contribution >= 4 is 11.4 Å². The van der Waals surface area contributed by atoms with Gasteiger partial charge < -0.3 is 14.9 Å². The second-order valence-electron chi connectivity index (χ2n) is 8.75. The topological polar surface area (TPSA) is 29.5 Å². The van der Waals surface area contributed by atoms with Gasteiger partial charge in [0.05, 0.1) is 0 Å². The van der Waals surface area contributed by atoms with Crippen LogP contribution in [0.15, 0.2) is 36.7 Å². The van der Waals surface area contributed by atoms with Gasteiger partial charge in [-0.05, 0) is 63.8 Å². The molecule has 0 spiro atoms. The third-order valence-corrected chi connectivity index (χ3v) is 4.33. The van der Waals surface area contributed by atoms with Crippen LogP contribution in [-0.4, -0.2) is 5.60 Å². The molecule has 0 saturated carbocycles. The van der Waals surface area contributed by atoms with Crippen molar-refractivity contribution in [1.82, 2.24) is 0 Å². The standard InChI is InChI=1S/C21H24N2.C4H9O.Cu/c1-14-9-16(3)20(17(4)10-14)22-7-8-23(13-22)21-18(5)11-15(2)12-19(21)6;1-4(2,3)5;/h7-12H,1-6H3;1-3H3;/q;-1;+1. The van der Waals surface area contributed by atoms with Gasteiger partial charge in [0.15, 0.2) is 0 Å². The molecule has 4 heteroatoms. The Morgan fingerprint density at radius 1 is 0.655 bits per heavy atom. The number of rotatable bonds is 2. The summed E-state index contributed by atoms with van der Waals surface area (Å²) in [4.78, 5) is 4.20. The number of aryl methyl sites for hydroxylation is 6. The van der Waals surface area contributed by atoms with Crippen LogP contribution in [0.3, 0.4) is 0 Å². The summed E-state index contributed by atoms with van der Waals surface area (Å²) in [6, 6.07) is 8.90. The molecule has 0 N–H and O–H groups in total. The molecular formula is C25H33CuN2O. The SMILES string of the molecule is CC(C)(C)[O-].Cc1cc(C)c(N2[C]N(c3c(C)cc(C)cc3C)C=C2)c(C)c1.[Cu+]. The van der Waals surface area contributed by atoms with E-state index in [4.69, 9.17) is 0 Å². The number of benzene rings is 2. The van der Waals surface area contributed by atoms with E-state index in [1.165, 1.54) is 44.8 Å². The van der Waals surface area contributed by atoms with Gasteiger partial charge in [0.25, 0.3) is 0 Å². The predicted octanol–water partition coefficient (Wildman–Crippen LogP) is 5.47. The number of nitrogens with zero attached hydrogens (tertiary/aromatic N) is 2. The van der Waals surface area contributed by atoms with Gasteiger partial charge in [0.1, 0.15) is 0 Å². The second-order valence-corrected chi connectivity index (χ2v) is 8.75. The van der Waals surface area contributed by atoms with Gasteiger partial charge in [-0.1, -0.05) is 56.2 Å². The zero-order chi connectivity index (χ0) is 21.2. The average Bonchev–Trinajstić information content (AvgIpc) is 2.92. The van der Waals surface area contributed by atoms with E-state index in [0.29, 0.717) is 0 Å². The minimum Gasteiger partial charge on any atom is -0.850 e. The fourth-order valence-electron chi connectivity index (χ4n) is 3.67. The summed E-state index contributed by atoms with van der Waals surface area (Å²) in [5.41, 5.74) is 9.40. The van der Waals surface area contributed by atoms with Gasteiger partial charge in [-0.15, -0.1) is 5.60 Å². The van der Waals surface area contributed by atoms with Crippen molar-refractivity contribution in [3.63, 3.8) is 0 Å². The molecule has 0 aliphatic carbocycles. The molecule has 1 aliphatic heterocycles. The third kappa shape index (κ3) is 6.92. The Kier molecular flexibility index (Phi) is 8.59. The Bertz CT molecular complexity index is 763. The monoisotopic (exact) mass is 440 g/mol. The first kappa shape index (κ1) is 25.3. The quantitative estimate of drug-likeness (QED) is 0.579. The summed E-state index contributed by atoms with van der Waals surface area (Å²) in [6.45, 7) is 21.3. The van der Waals surface area contributed by atoms with E-state index in [-0.39, 0.29) is 17.1 Å². The minimum atomic E-state index is -0.750. The van der Waals surface area contributed by atoms with Crippen molar-refractivity contribution in [1.29, 1.82) is 0 Å². The summed E-state index contributed by atoms with van der Waals surface area (Å²) < 4.78 is 0. The first-order chi connectivity index (χ1) is 12.9. The molecule has 1 heterocycles. The van der Waals surface area contributed by atoms with E-state index in [1.54, 1.807) is 20.8 Å². The summed E-state index contributed by atoms with van der Waals surface area (Å²) in [6.07, 6.45) is 4.17. The minimum absolute atomic E-state index is 0. The van der Waals surface area contributed by atoms with Crippen LogP contribution in [0.1, 0.15) is 54.2 Å². The predicted molar refractivity (Wildman–Crippen MR) is 118 cm³/mol. The first-order valence-corrected chi connectivity index (χ1v) is 9.76. The van der Waals surface area contributed by atoms with Crippen molar-refractivity contribution in [3.8, 4) is 0 Å². The molecule has 0 fully saturated rings. The van der Waals surface area contributed by atoms with Crippen LogP contribution in [0.25, 0.3) is 0 Å². The first-order valence-electron chi connectivity index (χ1n) is 9.76. The van der Waals surface area contributed by atoms with E-state index in [9.17, 15) is 5.11 Å². The Hall–Kier alpha value is -1.74. The summed E-state index contributed by atoms with van der Waals surface area (Å²) >= 11 is 0. The molecule has 0 amide bonds. The molecule has 0 bridgehead atoms. The van der Waals surface area contributed by atoms with Crippen LogP contribution in [0.2, 0.25) is 0 Å². The van der Waals surface area contributed by atoms with E-state index < -0.39 is 5.60 Å². The number of hydrogen-bond acceptors (Lipinski definition) is 3. The number of anilines is 2. The normalized spacial score (nSPS) is 13.2. The molecule has 160 valence electrons. The Labute approximate surface area is 187 Å². The molecule has 2 aromatic carbocycles. The van der Waals surface area contributed by atoms with E-state index in [1.807, 2.05) is 0 Å². The van der Waals surface area contributed by atoms with Gasteiger partial charge in [-0.3, -0.25) is 0 Å². The molecule has 0 unspecified atom stereocenters. The number of hydrogen-bond donors (Lipinski definition) is 0. The Balaban J connectivity index is 0.000000628. The molecule has 3 rings (SSSR count). The van der Waals surface area contributed by atoms with E-state index >= 15 is 0 Å². The molecular weight excluding hydrogens is 408 g/mol. The van der Waals surface area contributed by atoms with Crippen LogP contribution in [0, 0.1) is 48.2 Å². The van der Waals surface area contributed by atoms with Gasteiger partial charge in [-0.2, -0.15) is 0 Å². The summed E-state index contributed by atoms with van der Waals surface area (Å²) in [7, 11) is 0. The molecule has 0 saturated heterocycles. The van der Waals surface area contributed by atoms with Gasteiger partial charge in [-0.25, -0.2) is 0 Å². The average molecular weight is 441 g/mol. The summed E-state index contributed by atoms with van der Waals surface area (Å²) in [5, 5.41) is 10.1. The van der Waals surface area contributed by atoms with Crippen LogP contribution in [-0.2, 0) is 17.1 Å².